The Morgan fingerprint density at radius 3 is 1.98 bits per heavy atom. The van der Waals surface area contributed by atoms with Crippen LogP contribution in [0.1, 0.15) is 159 Å². The van der Waals surface area contributed by atoms with Gasteiger partial charge in [-0.15, -0.1) is 6.58 Å². The van der Waals surface area contributed by atoms with Crippen molar-refractivity contribution in [2.24, 2.45) is 45.3 Å². The Kier molecular flexibility index (Phi) is 11.7. The van der Waals surface area contributed by atoms with Crippen LogP contribution in [0.2, 0.25) is 0 Å². The average molecular weight is 663 g/mol. The summed E-state index contributed by atoms with van der Waals surface area (Å²) in [7, 11) is 3.10. The highest BCUT2D eigenvalue weighted by atomic mass is 32.0. The molecule has 1 saturated heterocycles. The molecule has 0 bridgehead atoms. The fourth-order valence-corrected chi connectivity index (χ4v) is 13.0. The largest absolute Gasteiger partial charge is 0.390 e. The van der Waals surface area contributed by atoms with Crippen molar-refractivity contribution in [3.63, 3.8) is 0 Å². The number of allylic oxidation sites excluding steroid dienone is 1. The zero-order valence-electron chi connectivity index (χ0n) is 31.1. The Morgan fingerprint density at radius 2 is 1.38 bits per heavy atom. The van der Waals surface area contributed by atoms with Crippen molar-refractivity contribution in [2.75, 3.05) is 6.61 Å². The molecule has 5 heteroatoms. The topological polar surface area (TPSA) is 38.7 Å². The van der Waals surface area contributed by atoms with Crippen molar-refractivity contribution in [3.8, 4) is 0 Å². The maximum absolute atomic E-state index is 11.2. The van der Waals surface area contributed by atoms with Crippen LogP contribution in [0.5, 0.6) is 0 Å². The summed E-state index contributed by atoms with van der Waals surface area (Å²) in [6.07, 6.45) is 21.7. The van der Waals surface area contributed by atoms with Gasteiger partial charge in [0.1, 0.15) is 0 Å². The summed E-state index contributed by atoms with van der Waals surface area (Å²) in [5, 5.41) is 11.2. The van der Waals surface area contributed by atoms with Gasteiger partial charge in [0, 0.05) is 8.50 Å². The molecule has 260 valence electrons. The first-order chi connectivity index (χ1) is 20.8. The van der Waals surface area contributed by atoms with E-state index in [9.17, 15) is 5.11 Å². The second kappa shape index (κ2) is 13.9. The number of hydrogen-bond acceptors (Lipinski definition) is 3. The van der Waals surface area contributed by atoms with Gasteiger partial charge >= 0.3 is 0 Å². The molecule has 0 radical (unpaired) electrons. The lowest BCUT2D eigenvalue weighted by Gasteiger charge is -2.65. The molecule has 0 aromatic rings. The van der Waals surface area contributed by atoms with Gasteiger partial charge in [0.25, 0.3) is 0 Å². The van der Waals surface area contributed by atoms with Gasteiger partial charge in [-0.25, -0.2) is 0 Å². The first kappa shape index (κ1) is 38.0. The molecule has 1 heterocycles. The molecule has 1 aliphatic heterocycles. The van der Waals surface area contributed by atoms with E-state index in [0.717, 1.165) is 43.4 Å². The fourth-order valence-electron chi connectivity index (χ4n) is 12.5. The molecule has 0 aromatic heterocycles. The lowest BCUT2D eigenvalue weighted by molar-refractivity contribution is -0.252. The van der Waals surface area contributed by atoms with E-state index in [1.54, 1.807) is 0 Å². The molecule has 5 aliphatic rings. The van der Waals surface area contributed by atoms with E-state index >= 15 is 0 Å². The maximum Gasteiger partial charge on any atom is 0.0839 e. The van der Waals surface area contributed by atoms with Crippen LogP contribution in [0.4, 0.5) is 0 Å². The smallest absolute Gasteiger partial charge is 0.0839 e. The van der Waals surface area contributed by atoms with Crippen molar-refractivity contribution in [1.29, 1.82) is 0 Å². The van der Waals surface area contributed by atoms with Gasteiger partial charge in [-0.1, -0.05) is 81.0 Å². The van der Waals surface area contributed by atoms with E-state index in [0.29, 0.717) is 37.3 Å². The van der Waals surface area contributed by atoms with Crippen LogP contribution in [0.3, 0.4) is 0 Å². The van der Waals surface area contributed by atoms with E-state index < -0.39 is 5.60 Å². The average Bonchev–Trinajstić information content (AvgIpc) is 2.91. The zero-order valence-corrected chi connectivity index (χ0v) is 33.3. The molecule has 0 aromatic carbocycles. The van der Waals surface area contributed by atoms with Gasteiger partial charge in [-0.2, -0.15) is 0 Å². The minimum absolute atomic E-state index is 0.0554. The van der Waals surface area contributed by atoms with E-state index in [1.807, 2.05) is 6.08 Å². The lowest BCUT2D eigenvalue weighted by Crippen LogP contribution is -2.62. The Labute approximate surface area is 283 Å². The third-order valence-electron chi connectivity index (χ3n) is 14.8. The van der Waals surface area contributed by atoms with E-state index in [2.05, 4.69) is 90.8 Å². The lowest BCUT2D eigenvalue weighted by atomic mass is 9.44. The highest BCUT2D eigenvalue weighted by Crippen LogP contribution is 2.66. The Balaban J connectivity index is 0.000000206. The van der Waals surface area contributed by atoms with Gasteiger partial charge in [0.2, 0.25) is 0 Å². The van der Waals surface area contributed by atoms with Crippen LogP contribution < -0.4 is 0 Å². The third kappa shape index (κ3) is 7.69. The Hall–Kier alpha value is 0.220. The number of ether oxygens (including phenoxy) is 1. The summed E-state index contributed by atoms with van der Waals surface area (Å²) in [5.41, 5.74) is 2.50. The second-order valence-electron chi connectivity index (χ2n) is 18.8. The number of aliphatic hydroxyl groups is 1. The van der Waals surface area contributed by atoms with Crippen LogP contribution in [0, 0.1) is 45.3 Å². The molecule has 5 rings (SSSR count). The third-order valence-corrected chi connectivity index (χ3v) is 15.6. The van der Waals surface area contributed by atoms with E-state index in [-0.39, 0.29) is 16.6 Å². The second-order valence-corrected chi connectivity index (χ2v) is 20.1. The van der Waals surface area contributed by atoms with Crippen LogP contribution in [-0.2, 0) is 9.26 Å². The molecule has 4 aliphatic carbocycles. The first-order valence-corrected chi connectivity index (χ1v) is 21.3. The van der Waals surface area contributed by atoms with Gasteiger partial charge in [0.15, 0.2) is 0 Å². The predicted octanol–water partition coefficient (Wildman–Crippen LogP) is 11.8. The van der Waals surface area contributed by atoms with Crippen molar-refractivity contribution >= 4 is 17.4 Å². The maximum atomic E-state index is 11.2. The molecule has 0 amide bonds. The SMILES string of the molecule is C/C(=C/COPP)CCC1C(C)(O)CCC2C(C)(C)CCC[C@@]21C.C=C[C@@]1(C)CCC2[C@@]3(C)CCCC(C)(C)C3CC[C@@]2(C)O1. The summed E-state index contributed by atoms with van der Waals surface area (Å²) in [5.74, 6) is 2.73. The summed E-state index contributed by atoms with van der Waals surface area (Å²) in [6.45, 7) is 28.6. The molecule has 5 fully saturated rings. The number of rotatable bonds is 7. The molecule has 1 N–H and O–H groups in total. The molecule has 45 heavy (non-hydrogen) atoms. The summed E-state index contributed by atoms with van der Waals surface area (Å²) in [4.78, 5) is 0. The Morgan fingerprint density at radius 1 is 0.822 bits per heavy atom. The van der Waals surface area contributed by atoms with Crippen LogP contribution in [0.15, 0.2) is 24.3 Å². The van der Waals surface area contributed by atoms with E-state index in [1.165, 1.54) is 69.8 Å². The van der Waals surface area contributed by atoms with Gasteiger partial charge in [-0.05, 0) is 150 Å². The molecule has 3 nitrogen and oxygen atoms in total. The summed E-state index contributed by atoms with van der Waals surface area (Å²) >= 11 is 0. The molecular formula is C40H72O3P2. The van der Waals surface area contributed by atoms with Crippen molar-refractivity contribution in [3.05, 3.63) is 24.3 Å². The fraction of sp³-hybridized carbons (Fsp3) is 0.900. The monoisotopic (exact) mass is 662 g/mol. The number of hydrogen-bond donors (Lipinski definition) is 1. The van der Waals surface area contributed by atoms with Crippen LogP contribution in [-0.4, -0.2) is 28.5 Å². The molecule has 7 unspecified atom stereocenters. The highest BCUT2D eigenvalue weighted by molar-refractivity contribution is 8.00. The first-order valence-electron chi connectivity index (χ1n) is 18.6. The van der Waals surface area contributed by atoms with Crippen LogP contribution in [0.25, 0.3) is 0 Å². The molecule has 4 saturated carbocycles. The Bertz CT molecular complexity index is 1070. The standard InChI is InChI=1S/C20H38O2P2.C20H34O/c1-15(10-14-22-24-23)7-8-17-19(4)12-6-11-18(2,3)16(19)9-13-20(17,5)21;1-7-18(4)13-9-16-19(5)12-8-11-17(2,3)15(19)10-14-20(16,6)21-18/h10,16-17,21,24H,6-9,11-14,23H2,1-5H3;7,15-16H,1,8-14H2,2-6H3/b15-10-;/t16?,17?,19-,20?;15?,16?,18-,19-,20+/m00/s1. The zero-order chi connectivity index (χ0) is 33.5. The van der Waals surface area contributed by atoms with Crippen molar-refractivity contribution in [1.82, 2.24) is 0 Å². The van der Waals surface area contributed by atoms with Gasteiger partial charge < -0.3 is 14.4 Å². The minimum atomic E-state index is -0.517. The minimum Gasteiger partial charge on any atom is -0.390 e. The highest BCUT2D eigenvalue weighted by Gasteiger charge is 2.61. The summed E-state index contributed by atoms with van der Waals surface area (Å²) < 4.78 is 12.1. The van der Waals surface area contributed by atoms with Crippen molar-refractivity contribution < 1.29 is 14.4 Å². The predicted molar refractivity (Wildman–Crippen MR) is 199 cm³/mol. The summed E-state index contributed by atoms with van der Waals surface area (Å²) in [6, 6.07) is 0. The van der Waals surface area contributed by atoms with Crippen molar-refractivity contribution in [2.45, 2.75) is 176 Å². The molecular weight excluding hydrogens is 590 g/mol. The number of fused-ring (bicyclic) bond motifs is 4. The molecule has 11 atom stereocenters. The molecule has 0 spiro atoms. The van der Waals surface area contributed by atoms with Crippen LogP contribution >= 0.6 is 17.4 Å². The van der Waals surface area contributed by atoms with Gasteiger partial charge in [-0.3, -0.25) is 0 Å². The quantitative estimate of drug-likeness (QED) is 0.167. The van der Waals surface area contributed by atoms with Gasteiger partial charge in [0.05, 0.1) is 23.4 Å². The normalized spacial score (nSPS) is 45.9. The van der Waals surface area contributed by atoms with E-state index in [4.69, 9.17) is 9.26 Å².